The van der Waals surface area contributed by atoms with Crippen LogP contribution >= 0.6 is 15.9 Å². The van der Waals surface area contributed by atoms with Gasteiger partial charge in [-0.15, -0.1) is 0 Å². The van der Waals surface area contributed by atoms with Gasteiger partial charge in [-0.1, -0.05) is 40.2 Å². The summed E-state index contributed by atoms with van der Waals surface area (Å²) in [7, 11) is 0. The quantitative estimate of drug-likeness (QED) is 0.400. The molecule has 0 bridgehead atoms. The fraction of sp³-hybridized carbons (Fsp3) is 0.100. The number of anilines is 1. The van der Waals surface area contributed by atoms with Crippen LogP contribution in [0.2, 0.25) is 0 Å². The molecule has 0 radical (unpaired) electrons. The number of nitrogens with two attached hydrogens (primary N) is 1. The maximum Gasteiger partial charge on any atom is 0.277 e. The van der Waals surface area contributed by atoms with Gasteiger partial charge < -0.3 is 10.3 Å². The van der Waals surface area contributed by atoms with Gasteiger partial charge in [-0.2, -0.15) is 0 Å². The largest absolute Gasteiger partial charge is 0.398 e. The lowest BCUT2D eigenvalue weighted by molar-refractivity contribution is 0.756. The maximum absolute atomic E-state index is 13.0. The van der Waals surface area contributed by atoms with Crippen LogP contribution in [-0.4, -0.2) is 9.55 Å². The second-order valence-electron chi connectivity index (χ2n) is 5.93. The van der Waals surface area contributed by atoms with E-state index in [0.717, 1.165) is 26.3 Å². The Balaban J connectivity index is 2.12. The van der Waals surface area contributed by atoms with Crippen LogP contribution in [0.25, 0.3) is 33.1 Å². The first-order valence-electron chi connectivity index (χ1n) is 8.07. The molecule has 1 aromatic heterocycles. The van der Waals surface area contributed by atoms with Gasteiger partial charge in [0.25, 0.3) is 5.56 Å². The van der Waals surface area contributed by atoms with Crippen molar-refractivity contribution in [2.75, 3.05) is 5.73 Å². The number of aromatic nitrogens is 2. The average molecular weight is 394 g/mol. The molecule has 0 aliphatic rings. The zero-order valence-corrected chi connectivity index (χ0v) is 15.2. The monoisotopic (exact) mass is 393 g/mol. The third kappa shape index (κ3) is 2.61. The summed E-state index contributed by atoms with van der Waals surface area (Å²) in [5.74, 6) is 0. The van der Waals surface area contributed by atoms with Crippen LogP contribution in [0, 0.1) is 0 Å². The van der Waals surface area contributed by atoms with Crippen LogP contribution in [0.3, 0.4) is 0 Å². The van der Waals surface area contributed by atoms with Crippen LogP contribution in [0.4, 0.5) is 5.69 Å². The summed E-state index contributed by atoms with van der Waals surface area (Å²) in [6, 6.07) is 17.6. The molecule has 0 saturated heterocycles. The van der Waals surface area contributed by atoms with Crippen molar-refractivity contribution in [3.05, 3.63) is 69.4 Å². The zero-order valence-electron chi connectivity index (χ0n) is 13.7. The molecule has 0 amide bonds. The highest BCUT2D eigenvalue weighted by Crippen LogP contribution is 2.28. The number of aryl methyl sites for hydroxylation is 1. The number of rotatable bonds is 2. The van der Waals surface area contributed by atoms with Crippen molar-refractivity contribution < 1.29 is 0 Å². The fourth-order valence-corrected chi connectivity index (χ4v) is 3.51. The first kappa shape index (κ1) is 15.8. The number of hydrogen-bond acceptors (Lipinski definition) is 3. The number of halogens is 1. The first-order valence-corrected chi connectivity index (χ1v) is 8.86. The zero-order chi connectivity index (χ0) is 17.6. The van der Waals surface area contributed by atoms with E-state index in [-0.39, 0.29) is 5.56 Å². The molecule has 0 saturated carbocycles. The third-order valence-corrected chi connectivity index (χ3v) is 4.89. The molecule has 5 heteroatoms. The first-order chi connectivity index (χ1) is 12.1. The molecule has 0 atom stereocenters. The van der Waals surface area contributed by atoms with Crippen molar-refractivity contribution in [1.29, 1.82) is 0 Å². The number of fused-ring (bicyclic) bond motifs is 2. The number of nitrogens with zero attached hydrogens (tertiary/aromatic N) is 2. The Bertz CT molecular complexity index is 1180. The van der Waals surface area contributed by atoms with E-state index < -0.39 is 0 Å². The molecular weight excluding hydrogens is 378 g/mol. The van der Waals surface area contributed by atoms with Crippen LogP contribution in [0.15, 0.2) is 63.9 Å². The molecule has 0 aliphatic carbocycles. The Morgan fingerprint density at radius 1 is 1.08 bits per heavy atom. The molecule has 0 spiro atoms. The molecule has 0 fully saturated rings. The predicted octanol–water partition coefficient (Wildman–Crippen LogP) is 4.58. The van der Waals surface area contributed by atoms with Crippen molar-refractivity contribution in [2.24, 2.45) is 0 Å². The standard InChI is InChI=1S/C20H16BrN3O/c1-2-24-18-10-13-6-4-3-5-12(13)9-17(18)23-19(20(24)25)15-11-14(21)7-8-16(15)22/h3-11H,2,22H2,1H3. The maximum atomic E-state index is 13.0. The van der Waals surface area contributed by atoms with E-state index >= 15 is 0 Å². The van der Waals surface area contributed by atoms with Crippen molar-refractivity contribution in [3.63, 3.8) is 0 Å². The lowest BCUT2D eigenvalue weighted by atomic mass is 10.1. The van der Waals surface area contributed by atoms with Crippen LogP contribution < -0.4 is 11.3 Å². The highest BCUT2D eigenvalue weighted by Gasteiger charge is 2.15. The van der Waals surface area contributed by atoms with E-state index in [2.05, 4.69) is 20.9 Å². The molecule has 0 unspecified atom stereocenters. The van der Waals surface area contributed by atoms with Crippen LogP contribution in [-0.2, 0) is 6.54 Å². The lowest BCUT2D eigenvalue weighted by Crippen LogP contribution is -2.23. The fourth-order valence-electron chi connectivity index (χ4n) is 3.15. The van der Waals surface area contributed by atoms with E-state index in [1.807, 2.05) is 55.5 Å². The molecule has 2 N–H and O–H groups in total. The van der Waals surface area contributed by atoms with Gasteiger partial charge in [0.05, 0.1) is 11.0 Å². The van der Waals surface area contributed by atoms with Gasteiger partial charge in [0, 0.05) is 22.3 Å². The second-order valence-corrected chi connectivity index (χ2v) is 6.85. The summed E-state index contributed by atoms with van der Waals surface area (Å²) in [6.07, 6.45) is 0. The molecule has 4 rings (SSSR count). The van der Waals surface area contributed by atoms with Gasteiger partial charge >= 0.3 is 0 Å². The van der Waals surface area contributed by atoms with Crippen LogP contribution in [0.5, 0.6) is 0 Å². The van der Waals surface area contributed by atoms with Crippen molar-refractivity contribution >= 4 is 43.4 Å². The number of benzene rings is 3. The van der Waals surface area contributed by atoms with E-state index in [1.54, 1.807) is 10.6 Å². The summed E-state index contributed by atoms with van der Waals surface area (Å²) in [6.45, 7) is 2.53. The highest BCUT2D eigenvalue weighted by molar-refractivity contribution is 9.10. The van der Waals surface area contributed by atoms with Gasteiger partial charge in [0.15, 0.2) is 0 Å². The molecule has 0 aliphatic heterocycles. The summed E-state index contributed by atoms with van der Waals surface area (Å²) >= 11 is 3.44. The van der Waals surface area contributed by atoms with Gasteiger partial charge in [-0.3, -0.25) is 4.79 Å². The smallest absolute Gasteiger partial charge is 0.277 e. The topological polar surface area (TPSA) is 60.9 Å². The second kappa shape index (κ2) is 6.01. The van der Waals surface area contributed by atoms with E-state index in [9.17, 15) is 4.79 Å². The minimum absolute atomic E-state index is 0.130. The molecule has 4 aromatic rings. The van der Waals surface area contributed by atoms with Gasteiger partial charge in [0.1, 0.15) is 5.69 Å². The minimum Gasteiger partial charge on any atom is -0.398 e. The molecule has 3 aromatic carbocycles. The number of hydrogen-bond donors (Lipinski definition) is 1. The Morgan fingerprint density at radius 3 is 2.52 bits per heavy atom. The summed E-state index contributed by atoms with van der Waals surface area (Å²) in [5, 5.41) is 2.19. The van der Waals surface area contributed by atoms with Crippen molar-refractivity contribution in [3.8, 4) is 11.3 Å². The van der Waals surface area contributed by atoms with Crippen molar-refractivity contribution in [1.82, 2.24) is 9.55 Å². The average Bonchev–Trinajstić information content (AvgIpc) is 2.62. The van der Waals surface area contributed by atoms with Crippen molar-refractivity contribution in [2.45, 2.75) is 13.5 Å². The normalized spacial score (nSPS) is 11.3. The minimum atomic E-state index is -0.130. The predicted molar refractivity (Wildman–Crippen MR) is 107 cm³/mol. The summed E-state index contributed by atoms with van der Waals surface area (Å²) in [5.41, 5.74) is 9.17. The molecule has 25 heavy (non-hydrogen) atoms. The van der Waals surface area contributed by atoms with E-state index in [4.69, 9.17) is 5.73 Å². The SMILES string of the molecule is CCn1c(=O)c(-c2cc(Br)ccc2N)nc2cc3ccccc3cc21. The summed E-state index contributed by atoms with van der Waals surface area (Å²) in [4.78, 5) is 17.7. The molecule has 124 valence electrons. The Hall–Kier alpha value is -2.66. The lowest BCUT2D eigenvalue weighted by Gasteiger charge is -2.13. The molecule has 1 heterocycles. The highest BCUT2D eigenvalue weighted by atomic mass is 79.9. The number of nitrogen functional groups attached to an aromatic ring is 1. The third-order valence-electron chi connectivity index (χ3n) is 4.40. The Labute approximate surface area is 153 Å². The Morgan fingerprint density at radius 2 is 1.80 bits per heavy atom. The molecular formula is C20H16BrN3O. The van der Waals surface area contributed by atoms with E-state index in [0.29, 0.717) is 23.5 Å². The Kier molecular flexibility index (Phi) is 3.81. The van der Waals surface area contributed by atoms with Gasteiger partial charge in [0.2, 0.25) is 0 Å². The summed E-state index contributed by atoms with van der Waals surface area (Å²) < 4.78 is 2.62. The van der Waals surface area contributed by atoms with Gasteiger partial charge in [-0.05, 0) is 48.0 Å². The van der Waals surface area contributed by atoms with Crippen LogP contribution in [0.1, 0.15) is 6.92 Å². The van der Waals surface area contributed by atoms with Gasteiger partial charge in [-0.25, -0.2) is 4.98 Å². The molecule has 4 nitrogen and oxygen atoms in total. The van der Waals surface area contributed by atoms with E-state index in [1.165, 1.54) is 0 Å².